The van der Waals surface area contributed by atoms with Gasteiger partial charge in [0.1, 0.15) is 0 Å². The zero-order valence-corrected chi connectivity index (χ0v) is 18.8. The van der Waals surface area contributed by atoms with Crippen molar-refractivity contribution in [2.24, 2.45) is 35.5 Å². The van der Waals surface area contributed by atoms with E-state index in [0.717, 1.165) is 51.5 Å². The molecule has 1 saturated carbocycles. The Morgan fingerprint density at radius 3 is 2.28 bits per heavy atom. The minimum absolute atomic E-state index is 0.0342. The average molecular weight is 436 g/mol. The molecule has 2 aliphatic carbocycles. The van der Waals surface area contributed by atoms with Gasteiger partial charge in [-0.05, 0) is 49.1 Å². The molecule has 0 spiro atoms. The van der Waals surface area contributed by atoms with Crippen LogP contribution >= 0.6 is 0 Å². The quantitative estimate of drug-likeness (QED) is 0.372. The topological polar surface area (TPSA) is 69.6 Å². The molecule has 1 aromatic heterocycles. The summed E-state index contributed by atoms with van der Waals surface area (Å²) in [5.41, 5.74) is 0. The molecule has 0 N–H and O–H groups in total. The number of piperazine rings is 1. The van der Waals surface area contributed by atoms with E-state index in [1.807, 2.05) is 12.1 Å². The van der Waals surface area contributed by atoms with E-state index in [1.165, 1.54) is 0 Å². The van der Waals surface area contributed by atoms with E-state index >= 15 is 0 Å². The van der Waals surface area contributed by atoms with Gasteiger partial charge in [-0.1, -0.05) is 25.2 Å². The Balaban J connectivity index is 1.10. The summed E-state index contributed by atoms with van der Waals surface area (Å²) >= 11 is 0. The molecule has 6 atom stereocenters. The number of aromatic nitrogens is 2. The Morgan fingerprint density at radius 2 is 1.62 bits per heavy atom. The van der Waals surface area contributed by atoms with E-state index in [4.69, 9.17) is 0 Å². The molecule has 0 bridgehead atoms. The Bertz CT molecular complexity index is 895. The summed E-state index contributed by atoms with van der Waals surface area (Å²) < 4.78 is 0. The lowest BCUT2D eigenvalue weighted by atomic mass is 9.54. The van der Waals surface area contributed by atoms with Gasteiger partial charge in [-0.2, -0.15) is 0 Å². The van der Waals surface area contributed by atoms with Crippen LogP contribution in [0.15, 0.2) is 43.3 Å². The van der Waals surface area contributed by atoms with Crippen LogP contribution in [0.5, 0.6) is 0 Å². The van der Waals surface area contributed by atoms with Crippen molar-refractivity contribution < 1.29 is 9.59 Å². The highest BCUT2D eigenvalue weighted by Gasteiger charge is 2.59. The lowest BCUT2D eigenvalue weighted by molar-refractivity contribution is -0.140. The molecule has 2 saturated heterocycles. The highest BCUT2D eigenvalue weighted by molar-refractivity contribution is 6.05. The van der Waals surface area contributed by atoms with Crippen molar-refractivity contribution in [3.8, 4) is 0 Å². The highest BCUT2D eigenvalue weighted by atomic mass is 16.2. The summed E-state index contributed by atoms with van der Waals surface area (Å²) in [7, 11) is 0. The summed E-state index contributed by atoms with van der Waals surface area (Å²) in [6.07, 6.45) is 11.7. The molecule has 7 nitrogen and oxygen atoms in total. The van der Waals surface area contributed by atoms with Crippen molar-refractivity contribution in [3.63, 3.8) is 0 Å². The molecule has 7 heteroatoms. The molecule has 2 amide bonds. The average Bonchev–Trinajstić information content (AvgIpc) is 3.04. The first-order chi connectivity index (χ1) is 15.6. The fourth-order valence-corrected chi connectivity index (χ4v) is 6.24. The lowest BCUT2D eigenvalue weighted by Crippen LogP contribution is -2.47. The summed E-state index contributed by atoms with van der Waals surface area (Å²) in [5, 5.41) is 0. The third kappa shape index (κ3) is 3.56. The highest BCUT2D eigenvalue weighted by Crippen LogP contribution is 2.54. The third-order valence-corrected chi connectivity index (χ3v) is 8.11. The fraction of sp³-hybridized carbons (Fsp3) is 0.600. The zero-order chi connectivity index (χ0) is 22.2. The van der Waals surface area contributed by atoms with E-state index in [0.29, 0.717) is 18.4 Å². The molecule has 1 aromatic rings. The van der Waals surface area contributed by atoms with Crippen LogP contribution in [0.3, 0.4) is 0 Å². The van der Waals surface area contributed by atoms with Crippen LogP contribution < -0.4 is 4.90 Å². The van der Waals surface area contributed by atoms with Crippen LogP contribution in [0.25, 0.3) is 0 Å². The van der Waals surface area contributed by atoms with E-state index in [2.05, 4.69) is 45.4 Å². The maximum Gasteiger partial charge on any atom is 0.233 e. The van der Waals surface area contributed by atoms with Gasteiger partial charge in [-0.3, -0.25) is 19.4 Å². The molecule has 6 unspecified atom stereocenters. The van der Waals surface area contributed by atoms with Gasteiger partial charge < -0.3 is 4.90 Å². The maximum absolute atomic E-state index is 13.2. The lowest BCUT2D eigenvalue weighted by Gasteiger charge is -2.48. The molecule has 170 valence electrons. The van der Waals surface area contributed by atoms with Crippen molar-refractivity contribution in [1.29, 1.82) is 0 Å². The van der Waals surface area contributed by atoms with Gasteiger partial charge in [0, 0.05) is 45.1 Å². The number of carbonyl (C=O) groups excluding carboxylic acids is 2. The summed E-state index contributed by atoms with van der Waals surface area (Å²) in [5.74, 6) is 1.61. The maximum atomic E-state index is 13.2. The van der Waals surface area contributed by atoms with E-state index in [-0.39, 0.29) is 35.5 Å². The van der Waals surface area contributed by atoms with Crippen LogP contribution in [0.2, 0.25) is 0 Å². The largest absolute Gasteiger partial charge is 0.338 e. The number of unbranched alkanes of at least 4 members (excludes halogenated alkanes) is 1. The number of rotatable bonds is 7. The molecule has 5 rings (SSSR count). The van der Waals surface area contributed by atoms with Gasteiger partial charge in [0.15, 0.2) is 0 Å². The molecule has 4 aliphatic rings. The standard InChI is InChI=1S/C25H33N5O2/c1-3-18-20-8-7-19(20)17(2)21-22(18)24(32)30(23(21)31)12-5-4-11-28-13-15-29(16-14-28)25-26-9-6-10-27-25/h3,6-10,17-22H,1,4-5,11-16H2,2H3. The van der Waals surface area contributed by atoms with Gasteiger partial charge in [0.2, 0.25) is 17.8 Å². The number of nitrogens with zero attached hydrogens (tertiary/aromatic N) is 5. The van der Waals surface area contributed by atoms with Crippen LogP contribution in [-0.2, 0) is 9.59 Å². The molecule has 3 heterocycles. The van der Waals surface area contributed by atoms with Crippen molar-refractivity contribution >= 4 is 17.8 Å². The molecule has 3 fully saturated rings. The monoisotopic (exact) mass is 435 g/mol. The molecule has 0 aromatic carbocycles. The zero-order valence-electron chi connectivity index (χ0n) is 18.8. The first-order valence-corrected chi connectivity index (χ1v) is 12.0. The third-order valence-electron chi connectivity index (χ3n) is 8.11. The van der Waals surface area contributed by atoms with E-state index in [1.54, 1.807) is 17.3 Å². The number of hydrogen-bond donors (Lipinski definition) is 0. The molecule has 0 radical (unpaired) electrons. The minimum atomic E-state index is -0.213. The number of fused-ring (bicyclic) bond motifs is 2. The predicted molar refractivity (Wildman–Crippen MR) is 123 cm³/mol. The Hall–Kier alpha value is -2.54. The number of anilines is 1. The summed E-state index contributed by atoms with van der Waals surface area (Å²) in [4.78, 5) is 41.3. The van der Waals surface area contributed by atoms with Crippen LogP contribution in [0.1, 0.15) is 19.8 Å². The molecule has 32 heavy (non-hydrogen) atoms. The van der Waals surface area contributed by atoms with E-state index in [9.17, 15) is 9.59 Å². The molecule has 2 aliphatic heterocycles. The van der Waals surface area contributed by atoms with Crippen LogP contribution in [0, 0.1) is 35.5 Å². The SMILES string of the molecule is C=CC1C2C=CC2C(C)C2C(=O)N(CCCCN3CCN(c4ncccn4)CC3)C(=O)C12. The van der Waals surface area contributed by atoms with Crippen molar-refractivity contribution in [2.75, 3.05) is 44.2 Å². The first kappa shape index (κ1) is 21.3. The second-order valence-corrected chi connectivity index (χ2v) is 9.68. The fourth-order valence-electron chi connectivity index (χ4n) is 6.24. The van der Waals surface area contributed by atoms with E-state index < -0.39 is 0 Å². The second-order valence-electron chi connectivity index (χ2n) is 9.68. The van der Waals surface area contributed by atoms with Crippen molar-refractivity contribution in [3.05, 3.63) is 43.3 Å². The number of amides is 2. The molecular formula is C25H33N5O2. The number of imide groups is 1. The molecular weight excluding hydrogens is 402 g/mol. The van der Waals surface area contributed by atoms with Crippen molar-refractivity contribution in [2.45, 2.75) is 19.8 Å². The van der Waals surface area contributed by atoms with Crippen LogP contribution in [0.4, 0.5) is 5.95 Å². The second kappa shape index (κ2) is 8.77. The van der Waals surface area contributed by atoms with Gasteiger partial charge in [0.25, 0.3) is 0 Å². The number of carbonyl (C=O) groups is 2. The number of allylic oxidation sites excluding steroid dienone is 3. The summed E-state index contributed by atoms with van der Waals surface area (Å²) in [6.45, 7) is 11.5. The van der Waals surface area contributed by atoms with Gasteiger partial charge >= 0.3 is 0 Å². The predicted octanol–water partition coefficient (Wildman–Crippen LogP) is 2.23. The smallest absolute Gasteiger partial charge is 0.233 e. The summed E-state index contributed by atoms with van der Waals surface area (Å²) in [6, 6.07) is 1.84. The van der Waals surface area contributed by atoms with Crippen LogP contribution in [-0.4, -0.2) is 70.9 Å². The van der Waals surface area contributed by atoms with Crippen molar-refractivity contribution in [1.82, 2.24) is 19.8 Å². The van der Waals surface area contributed by atoms with Gasteiger partial charge in [-0.25, -0.2) is 9.97 Å². The normalized spacial score (nSPS) is 34.3. The van der Waals surface area contributed by atoms with Gasteiger partial charge in [0.05, 0.1) is 11.8 Å². The number of likely N-dealkylation sites (tertiary alicyclic amines) is 1. The minimum Gasteiger partial charge on any atom is -0.338 e. The first-order valence-electron chi connectivity index (χ1n) is 12.0. The Kier molecular flexibility index (Phi) is 5.84. The Morgan fingerprint density at radius 1 is 0.969 bits per heavy atom. The number of hydrogen-bond acceptors (Lipinski definition) is 6. The van der Waals surface area contributed by atoms with Gasteiger partial charge in [-0.15, -0.1) is 6.58 Å². The Labute approximate surface area is 190 Å².